The van der Waals surface area contributed by atoms with Gasteiger partial charge < -0.3 is 10.4 Å². The van der Waals surface area contributed by atoms with Crippen molar-refractivity contribution in [1.29, 1.82) is 0 Å². The second kappa shape index (κ2) is 5.34. The van der Waals surface area contributed by atoms with Crippen LogP contribution in [0.2, 0.25) is 0 Å². The zero-order valence-electron chi connectivity index (χ0n) is 9.84. The summed E-state index contributed by atoms with van der Waals surface area (Å²) < 4.78 is 35.9. The molecule has 0 radical (unpaired) electrons. The van der Waals surface area contributed by atoms with Gasteiger partial charge in [0.05, 0.1) is 17.6 Å². The standard InChI is InChI=1S/C12H16FNO3S/c13-10-4-2-1-3-9(10)5-6-14-11-7-18(16,17)8-12(11)15/h1-4,11-12,14-15H,5-8H2/t11-,12-/m0/s1. The van der Waals surface area contributed by atoms with Crippen molar-refractivity contribution >= 4 is 9.84 Å². The number of halogens is 1. The number of benzene rings is 1. The van der Waals surface area contributed by atoms with E-state index in [4.69, 9.17) is 0 Å². The Morgan fingerprint density at radius 1 is 1.33 bits per heavy atom. The highest BCUT2D eigenvalue weighted by Crippen LogP contribution is 2.13. The summed E-state index contributed by atoms with van der Waals surface area (Å²) in [5.41, 5.74) is 0.584. The zero-order chi connectivity index (χ0) is 13.2. The summed E-state index contributed by atoms with van der Waals surface area (Å²) in [6, 6.07) is 6.03. The molecule has 0 amide bonds. The van der Waals surface area contributed by atoms with Crippen LogP contribution in [-0.4, -0.2) is 43.7 Å². The van der Waals surface area contributed by atoms with E-state index in [1.165, 1.54) is 6.07 Å². The van der Waals surface area contributed by atoms with Crippen LogP contribution in [-0.2, 0) is 16.3 Å². The molecule has 0 spiro atoms. The lowest BCUT2D eigenvalue weighted by Gasteiger charge is -2.14. The van der Waals surface area contributed by atoms with Crippen LogP contribution in [0.4, 0.5) is 4.39 Å². The first-order chi connectivity index (χ1) is 8.48. The van der Waals surface area contributed by atoms with Crippen molar-refractivity contribution in [3.8, 4) is 0 Å². The highest BCUT2D eigenvalue weighted by Gasteiger charge is 2.35. The molecule has 0 aromatic heterocycles. The van der Waals surface area contributed by atoms with Gasteiger partial charge in [-0.2, -0.15) is 0 Å². The second-order valence-corrected chi connectivity index (χ2v) is 6.70. The quantitative estimate of drug-likeness (QED) is 0.817. The van der Waals surface area contributed by atoms with Gasteiger partial charge in [-0.3, -0.25) is 0 Å². The van der Waals surface area contributed by atoms with Gasteiger partial charge >= 0.3 is 0 Å². The van der Waals surface area contributed by atoms with E-state index in [1.807, 2.05) is 0 Å². The minimum absolute atomic E-state index is 0.0502. The average Bonchev–Trinajstić information content (AvgIpc) is 2.55. The smallest absolute Gasteiger partial charge is 0.154 e. The molecule has 1 fully saturated rings. The molecule has 2 rings (SSSR count). The van der Waals surface area contributed by atoms with Crippen molar-refractivity contribution in [3.63, 3.8) is 0 Å². The van der Waals surface area contributed by atoms with Gasteiger partial charge in [-0.15, -0.1) is 0 Å². The Bertz CT molecular complexity index is 518. The van der Waals surface area contributed by atoms with E-state index >= 15 is 0 Å². The van der Waals surface area contributed by atoms with Crippen LogP contribution in [0.5, 0.6) is 0 Å². The first kappa shape index (κ1) is 13.5. The van der Waals surface area contributed by atoms with Crippen molar-refractivity contribution in [3.05, 3.63) is 35.6 Å². The highest BCUT2D eigenvalue weighted by atomic mass is 32.2. The summed E-state index contributed by atoms with van der Waals surface area (Å²) in [5.74, 6) is -0.505. The number of nitrogens with one attached hydrogen (secondary N) is 1. The van der Waals surface area contributed by atoms with E-state index < -0.39 is 22.0 Å². The molecule has 0 aliphatic carbocycles. The Morgan fingerprint density at radius 2 is 2.06 bits per heavy atom. The molecule has 0 unspecified atom stereocenters. The SMILES string of the molecule is O=S1(=O)C[C@H](NCCc2ccccc2F)[C@@H](O)C1. The molecule has 0 saturated carbocycles. The van der Waals surface area contributed by atoms with Crippen LogP contribution >= 0.6 is 0 Å². The van der Waals surface area contributed by atoms with E-state index in [9.17, 15) is 17.9 Å². The number of aliphatic hydroxyl groups is 1. The van der Waals surface area contributed by atoms with Gasteiger partial charge in [-0.05, 0) is 24.6 Å². The van der Waals surface area contributed by atoms with E-state index in [0.717, 1.165) is 0 Å². The minimum Gasteiger partial charge on any atom is -0.390 e. The van der Waals surface area contributed by atoms with E-state index in [2.05, 4.69) is 5.32 Å². The zero-order valence-corrected chi connectivity index (χ0v) is 10.7. The maximum atomic E-state index is 13.3. The normalized spacial score (nSPS) is 26.3. The largest absolute Gasteiger partial charge is 0.390 e. The molecule has 4 nitrogen and oxygen atoms in total. The van der Waals surface area contributed by atoms with Gasteiger partial charge in [0.2, 0.25) is 0 Å². The Balaban J connectivity index is 1.85. The maximum absolute atomic E-state index is 13.3. The Hall–Kier alpha value is -0.980. The minimum atomic E-state index is -3.13. The van der Waals surface area contributed by atoms with Crippen molar-refractivity contribution in [2.24, 2.45) is 0 Å². The fourth-order valence-electron chi connectivity index (χ4n) is 2.12. The molecular formula is C12H16FNO3S. The molecule has 18 heavy (non-hydrogen) atoms. The fourth-order valence-corrected chi connectivity index (χ4v) is 3.89. The molecule has 6 heteroatoms. The van der Waals surface area contributed by atoms with Gasteiger partial charge in [0.25, 0.3) is 0 Å². The Labute approximate surface area is 106 Å². The third-order valence-corrected chi connectivity index (χ3v) is 4.80. The molecule has 1 aliphatic rings. The lowest BCUT2D eigenvalue weighted by atomic mass is 10.1. The summed E-state index contributed by atoms with van der Waals surface area (Å²) in [5, 5.41) is 12.5. The van der Waals surface area contributed by atoms with Crippen LogP contribution in [0.3, 0.4) is 0 Å². The molecule has 1 saturated heterocycles. The van der Waals surface area contributed by atoms with Crippen LogP contribution in [0.1, 0.15) is 5.56 Å². The van der Waals surface area contributed by atoms with Crippen molar-refractivity contribution in [2.75, 3.05) is 18.1 Å². The van der Waals surface area contributed by atoms with Gasteiger partial charge in [-0.25, -0.2) is 12.8 Å². The van der Waals surface area contributed by atoms with E-state index in [0.29, 0.717) is 18.5 Å². The molecule has 100 valence electrons. The van der Waals surface area contributed by atoms with E-state index in [1.54, 1.807) is 18.2 Å². The third-order valence-electron chi connectivity index (χ3n) is 3.08. The molecule has 2 N–H and O–H groups in total. The van der Waals surface area contributed by atoms with Gasteiger partial charge in [0.1, 0.15) is 5.82 Å². The molecular weight excluding hydrogens is 257 g/mol. The molecule has 0 bridgehead atoms. The van der Waals surface area contributed by atoms with Crippen LogP contribution in [0.15, 0.2) is 24.3 Å². The van der Waals surface area contributed by atoms with Crippen molar-refractivity contribution < 1.29 is 17.9 Å². The Kier molecular flexibility index (Phi) is 3.99. The van der Waals surface area contributed by atoms with Crippen LogP contribution < -0.4 is 5.32 Å². The summed E-state index contributed by atoms with van der Waals surface area (Å²) in [6.45, 7) is 0.443. The monoisotopic (exact) mass is 273 g/mol. The van der Waals surface area contributed by atoms with Gasteiger partial charge in [0.15, 0.2) is 9.84 Å². The van der Waals surface area contributed by atoms with Gasteiger partial charge in [-0.1, -0.05) is 18.2 Å². The van der Waals surface area contributed by atoms with E-state index in [-0.39, 0.29) is 17.3 Å². The lowest BCUT2D eigenvalue weighted by molar-refractivity contribution is 0.166. The summed E-state index contributed by atoms with van der Waals surface area (Å²) in [7, 11) is -3.13. The van der Waals surface area contributed by atoms with Crippen molar-refractivity contribution in [2.45, 2.75) is 18.6 Å². The molecule has 1 heterocycles. The van der Waals surface area contributed by atoms with Crippen molar-refractivity contribution in [1.82, 2.24) is 5.32 Å². The molecule has 1 aromatic carbocycles. The maximum Gasteiger partial charge on any atom is 0.154 e. The summed E-state index contributed by atoms with van der Waals surface area (Å²) >= 11 is 0. The summed E-state index contributed by atoms with van der Waals surface area (Å²) in [4.78, 5) is 0. The third kappa shape index (κ3) is 3.28. The van der Waals surface area contributed by atoms with Crippen LogP contribution in [0, 0.1) is 5.82 Å². The lowest BCUT2D eigenvalue weighted by Crippen LogP contribution is -2.39. The second-order valence-electron chi connectivity index (χ2n) is 4.55. The number of aliphatic hydroxyl groups excluding tert-OH is 1. The highest BCUT2D eigenvalue weighted by molar-refractivity contribution is 7.91. The number of hydrogen-bond donors (Lipinski definition) is 2. The predicted octanol–water partition coefficient (Wildman–Crippen LogP) is 0.116. The molecule has 2 atom stereocenters. The fraction of sp³-hybridized carbons (Fsp3) is 0.500. The number of rotatable bonds is 4. The number of sulfone groups is 1. The topological polar surface area (TPSA) is 66.4 Å². The molecule has 1 aliphatic heterocycles. The Morgan fingerprint density at radius 3 is 2.67 bits per heavy atom. The first-order valence-corrected chi connectivity index (χ1v) is 7.65. The van der Waals surface area contributed by atoms with Crippen LogP contribution in [0.25, 0.3) is 0 Å². The average molecular weight is 273 g/mol. The molecule has 1 aromatic rings. The summed E-state index contributed by atoms with van der Waals surface area (Å²) in [6.07, 6.45) is -0.397. The predicted molar refractivity (Wildman–Crippen MR) is 66.6 cm³/mol. The first-order valence-electron chi connectivity index (χ1n) is 5.83. The number of hydrogen-bond acceptors (Lipinski definition) is 4. The van der Waals surface area contributed by atoms with Gasteiger partial charge in [0, 0.05) is 6.04 Å².